The summed E-state index contributed by atoms with van der Waals surface area (Å²) in [6.07, 6.45) is 2.16. The predicted molar refractivity (Wildman–Crippen MR) is 78.0 cm³/mol. The van der Waals surface area contributed by atoms with Crippen molar-refractivity contribution < 1.29 is 0 Å². The SMILES string of the molecule is CCN1CCCC(n2c(=O)[nH]c3cccc(Cl)c32)C1. The van der Waals surface area contributed by atoms with Gasteiger partial charge in [0.05, 0.1) is 22.1 Å². The van der Waals surface area contributed by atoms with Gasteiger partial charge in [0.15, 0.2) is 0 Å². The number of piperidine rings is 1. The highest BCUT2D eigenvalue weighted by Crippen LogP contribution is 2.27. The molecular formula is C14H18ClN3O. The number of nitrogens with zero attached hydrogens (tertiary/aromatic N) is 2. The Morgan fingerprint density at radius 3 is 3.11 bits per heavy atom. The number of nitrogens with one attached hydrogen (secondary N) is 1. The predicted octanol–water partition coefficient (Wildman–Crippen LogP) is 2.64. The van der Waals surface area contributed by atoms with Gasteiger partial charge in [-0.3, -0.25) is 4.57 Å². The fourth-order valence-corrected chi connectivity index (χ4v) is 3.28. The van der Waals surface area contributed by atoms with Crippen LogP contribution >= 0.6 is 11.6 Å². The highest BCUT2D eigenvalue weighted by Gasteiger charge is 2.24. The number of para-hydroxylation sites is 1. The molecule has 1 aliphatic rings. The van der Waals surface area contributed by atoms with Gasteiger partial charge in [0.1, 0.15) is 0 Å². The number of aromatic nitrogens is 2. The number of likely N-dealkylation sites (N-methyl/N-ethyl adjacent to an activating group) is 1. The summed E-state index contributed by atoms with van der Waals surface area (Å²) in [7, 11) is 0. The normalized spacial score (nSPS) is 21.1. The van der Waals surface area contributed by atoms with Crippen LogP contribution in [0.25, 0.3) is 11.0 Å². The summed E-state index contributed by atoms with van der Waals surface area (Å²) in [5.74, 6) is 0. The molecule has 1 N–H and O–H groups in total. The average Bonchev–Trinajstić information content (AvgIpc) is 2.76. The molecule has 1 aromatic heterocycles. The molecule has 2 heterocycles. The number of likely N-dealkylation sites (tertiary alicyclic amines) is 1. The Morgan fingerprint density at radius 2 is 2.32 bits per heavy atom. The molecular weight excluding hydrogens is 262 g/mol. The van der Waals surface area contributed by atoms with E-state index >= 15 is 0 Å². The largest absolute Gasteiger partial charge is 0.326 e. The number of H-pyrrole nitrogens is 1. The van der Waals surface area contributed by atoms with Gasteiger partial charge in [-0.2, -0.15) is 0 Å². The Morgan fingerprint density at radius 1 is 1.47 bits per heavy atom. The number of hydrogen-bond acceptors (Lipinski definition) is 2. The van der Waals surface area contributed by atoms with Crippen LogP contribution in [0, 0.1) is 0 Å². The summed E-state index contributed by atoms with van der Waals surface area (Å²) in [6.45, 7) is 5.24. The van der Waals surface area contributed by atoms with E-state index in [1.807, 2.05) is 22.8 Å². The van der Waals surface area contributed by atoms with Gasteiger partial charge < -0.3 is 9.88 Å². The Bertz CT molecular complexity index is 646. The zero-order chi connectivity index (χ0) is 13.4. The quantitative estimate of drug-likeness (QED) is 0.918. The van der Waals surface area contributed by atoms with Crippen molar-refractivity contribution in [2.45, 2.75) is 25.8 Å². The summed E-state index contributed by atoms with van der Waals surface area (Å²) in [6, 6.07) is 5.83. The van der Waals surface area contributed by atoms with Gasteiger partial charge in [0, 0.05) is 6.54 Å². The zero-order valence-electron chi connectivity index (χ0n) is 11.0. The molecule has 2 aromatic rings. The van der Waals surface area contributed by atoms with Crippen LogP contribution in [-0.2, 0) is 0 Å². The lowest BCUT2D eigenvalue weighted by atomic mass is 10.1. The average molecular weight is 280 g/mol. The second-order valence-corrected chi connectivity index (χ2v) is 5.53. The van der Waals surface area contributed by atoms with Crippen molar-refractivity contribution in [2.24, 2.45) is 0 Å². The van der Waals surface area contributed by atoms with Gasteiger partial charge in [-0.05, 0) is 38.1 Å². The third-order valence-corrected chi connectivity index (χ3v) is 4.29. The van der Waals surface area contributed by atoms with E-state index in [1.165, 1.54) is 0 Å². The first kappa shape index (κ1) is 12.8. The van der Waals surface area contributed by atoms with E-state index in [1.54, 1.807) is 0 Å². The van der Waals surface area contributed by atoms with E-state index in [0.717, 1.165) is 43.5 Å². The Kier molecular flexibility index (Phi) is 3.37. The van der Waals surface area contributed by atoms with Gasteiger partial charge in [-0.15, -0.1) is 0 Å². The van der Waals surface area contributed by atoms with E-state index in [4.69, 9.17) is 11.6 Å². The molecule has 102 valence electrons. The second kappa shape index (κ2) is 5.02. The van der Waals surface area contributed by atoms with Crippen LogP contribution in [-0.4, -0.2) is 34.1 Å². The van der Waals surface area contributed by atoms with Gasteiger partial charge >= 0.3 is 5.69 Å². The third-order valence-electron chi connectivity index (χ3n) is 3.98. The number of imidazole rings is 1. The molecule has 1 unspecified atom stereocenters. The molecule has 1 saturated heterocycles. The highest BCUT2D eigenvalue weighted by atomic mass is 35.5. The van der Waals surface area contributed by atoms with Crippen molar-refractivity contribution >= 4 is 22.6 Å². The lowest BCUT2D eigenvalue weighted by molar-refractivity contribution is 0.185. The number of hydrogen-bond donors (Lipinski definition) is 1. The third kappa shape index (κ3) is 2.19. The van der Waals surface area contributed by atoms with Gasteiger partial charge in [0.25, 0.3) is 0 Å². The van der Waals surface area contributed by atoms with Crippen LogP contribution in [0.4, 0.5) is 0 Å². The van der Waals surface area contributed by atoms with Gasteiger partial charge in [0.2, 0.25) is 0 Å². The Labute approximate surface area is 117 Å². The summed E-state index contributed by atoms with van der Waals surface area (Å²) in [5, 5.41) is 0.643. The lowest BCUT2D eigenvalue weighted by Crippen LogP contribution is -2.39. The summed E-state index contributed by atoms with van der Waals surface area (Å²) in [4.78, 5) is 17.5. The summed E-state index contributed by atoms with van der Waals surface area (Å²) in [5.41, 5.74) is 1.62. The fourth-order valence-electron chi connectivity index (χ4n) is 3.02. The number of aromatic amines is 1. The van der Waals surface area contributed by atoms with Gasteiger partial charge in [-0.25, -0.2) is 4.79 Å². The molecule has 0 amide bonds. The minimum Gasteiger partial charge on any atom is -0.305 e. The maximum atomic E-state index is 12.2. The van der Waals surface area contributed by atoms with E-state index < -0.39 is 0 Å². The van der Waals surface area contributed by atoms with E-state index in [9.17, 15) is 4.79 Å². The highest BCUT2D eigenvalue weighted by molar-refractivity contribution is 6.34. The van der Waals surface area contributed by atoms with Crippen LogP contribution in [0.2, 0.25) is 5.02 Å². The number of benzene rings is 1. The Hall–Kier alpha value is -1.26. The minimum absolute atomic E-state index is 0.0500. The Balaban J connectivity index is 2.09. The molecule has 5 heteroatoms. The van der Waals surface area contributed by atoms with Crippen molar-refractivity contribution in [3.05, 3.63) is 33.7 Å². The first-order valence-corrected chi connectivity index (χ1v) is 7.19. The molecule has 1 atom stereocenters. The van der Waals surface area contributed by atoms with E-state index in [0.29, 0.717) is 5.02 Å². The molecule has 1 aromatic carbocycles. The minimum atomic E-state index is -0.0500. The molecule has 0 saturated carbocycles. The number of fused-ring (bicyclic) bond motifs is 1. The van der Waals surface area contributed by atoms with Crippen molar-refractivity contribution in [1.82, 2.24) is 14.5 Å². The van der Waals surface area contributed by atoms with Crippen LogP contribution in [0.15, 0.2) is 23.0 Å². The number of halogens is 1. The van der Waals surface area contributed by atoms with Crippen LogP contribution in [0.1, 0.15) is 25.8 Å². The maximum Gasteiger partial charge on any atom is 0.326 e. The van der Waals surface area contributed by atoms with Crippen LogP contribution < -0.4 is 5.69 Å². The van der Waals surface area contributed by atoms with Crippen LogP contribution in [0.5, 0.6) is 0 Å². The molecule has 1 fully saturated rings. The fraction of sp³-hybridized carbons (Fsp3) is 0.500. The van der Waals surface area contributed by atoms with Crippen molar-refractivity contribution in [2.75, 3.05) is 19.6 Å². The molecule has 0 aliphatic carbocycles. The van der Waals surface area contributed by atoms with Gasteiger partial charge in [-0.1, -0.05) is 24.6 Å². The zero-order valence-corrected chi connectivity index (χ0v) is 11.8. The first-order chi connectivity index (χ1) is 9.20. The van der Waals surface area contributed by atoms with E-state index in [-0.39, 0.29) is 11.7 Å². The molecule has 1 aliphatic heterocycles. The summed E-state index contributed by atoms with van der Waals surface area (Å²) >= 11 is 6.27. The molecule has 0 radical (unpaired) electrons. The molecule has 0 spiro atoms. The first-order valence-electron chi connectivity index (χ1n) is 6.81. The monoisotopic (exact) mass is 279 g/mol. The topological polar surface area (TPSA) is 41.0 Å². The van der Waals surface area contributed by atoms with Crippen molar-refractivity contribution in [3.8, 4) is 0 Å². The number of rotatable bonds is 2. The summed E-state index contributed by atoms with van der Waals surface area (Å²) < 4.78 is 1.85. The van der Waals surface area contributed by atoms with Crippen molar-refractivity contribution in [3.63, 3.8) is 0 Å². The second-order valence-electron chi connectivity index (χ2n) is 5.13. The van der Waals surface area contributed by atoms with Crippen molar-refractivity contribution in [1.29, 1.82) is 0 Å². The molecule has 0 bridgehead atoms. The lowest BCUT2D eigenvalue weighted by Gasteiger charge is -2.32. The maximum absolute atomic E-state index is 12.2. The van der Waals surface area contributed by atoms with E-state index in [2.05, 4.69) is 16.8 Å². The molecule has 3 rings (SSSR count). The smallest absolute Gasteiger partial charge is 0.305 e. The van der Waals surface area contributed by atoms with Crippen LogP contribution in [0.3, 0.4) is 0 Å². The standard InChI is InChI=1S/C14H18ClN3O/c1-2-17-8-4-5-10(9-17)18-13-11(15)6-3-7-12(13)16-14(18)19/h3,6-7,10H,2,4-5,8-9H2,1H3,(H,16,19). The molecule has 4 nitrogen and oxygen atoms in total. The molecule has 19 heavy (non-hydrogen) atoms.